The zero-order valence-electron chi connectivity index (χ0n) is 15.9. The molecule has 0 saturated carbocycles. The highest BCUT2D eigenvalue weighted by molar-refractivity contribution is 7.71. The molecular weight excluding hydrogens is 398 g/mol. The number of nitrogens with one attached hydrogen (secondary N) is 2. The number of pyridine rings is 1. The van der Waals surface area contributed by atoms with E-state index in [9.17, 15) is 0 Å². The maximum Gasteiger partial charge on any atom is 0.214 e. The summed E-state index contributed by atoms with van der Waals surface area (Å²) in [5.74, 6) is 1.84. The fourth-order valence-electron chi connectivity index (χ4n) is 2.65. The van der Waals surface area contributed by atoms with E-state index in [4.69, 9.17) is 33.3 Å². The second-order valence-electron chi connectivity index (χ2n) is 6.26. The minimum absolute atomic E-state index is 0.00661. The third-order valence-corrected chi connectivity index (χ3v) is 4.33. The van der Waals surface area contributed by atoms with Crippen LogP contribution in [0.5, 0.6) is 11.5 Å². The average molecular weight is 420 g/mol. The summed E-state index contributed by atoms with van der Waals surface area (Å²) in [6.07, 6.45) is 3.41. The van der Waals surface area contributed by atoms with Gasteiger partial charge in [-0.05, 0) is 62.8 Å². The predicted octanol–water partition coefficient (Wildman–Crippen LogP) is 4.59. The van der Waals surface area contributed by atoms with Crippen molar-refractivity contribution in [1.82, 2.24) is 19.9 Å². The zero-order valence-corrected chi connectivity index (χ0v) is 17.5. The van der Waals surface area contributed by atoms with E-state index in [0.717, 1.165) is 11.1 Å². The van der Waals surface area contributed by atoms with E-state index in [1.54, 1.807) is 17.1 Å². The lowest BCUT2D eigenvalue weighted by atomic mass is 10.2. The van der Waals surface area contributed by atoms with Crippen LogP contribution in [0.2, 0.25) is 5.02 Å². The number of H-pyrrole nitrogens is 1. The molecule has 0 fully saturated rings. The van der Waals surface area contributed by atoms with E-state index in [-0.39, 0.29) is 6.10 Å². The van der Waals surface area contributed by atoms with E-state index >= 15 is 0 Å². The smallest absolute Gasteiger partial charge is 0.214 e. The van der Waals surface area contributed by atoms with Crippen LogP contribution in [0.25, 0.3) is 11.4 Å². The van der Waals surface area contributed by atoms with Gasteiger partial charge in [0.05, 0.1) is 24.3 Å². The first-order valence-corrected chi connectivity index (χ1v) is 9.71. The zero-order chi connectivity index (χ0) is 20.1. The Kier molecular flexibility index (Phi) is 6.53. The molecule has 0 radical (unpaired) electrons. The second-order valence-corrected chi connectivity index (χ2v) is 7.06. The van der Waals surface area contributed by atoms with Crippen molar-refractivity contribution < 1.29 is 9.47 Å². The topological polar surface area (TPSA) is 77.0 Å². The summed E-state index contributed by atoms with van der Waals surface area (Å²) in [6.45, 7) is 6.80. The van der Waals surface area contributed by atoms with Crippen LogP contribution in [0.4, 0.5) is 0 Å². The number of hydrogen-bond acceptors (Lipinski definition) is 6. The number of aromatic amines is 1. The Morgan fingerprint density at radius 3 is 2.71 bits per heavy atom. The molecule has 0 bridgehead atoms. The quantitative estimate of drug-likeness (QED) is 0.520. The predicted molar refractivity (Wildman–Crippen MR) is 112 cm³/mol. The van der Waals surface area contributed by atoms with Crippen molar-refractivity contribution in [3.05, 3.63) is 52.0 Å². The highest BCUT2D eigenvalue weighted by atomic mass is 35.5. The summed E-state index contributed by atoms with van der Waals surface area (Å²) in [4.78, 5) is 4.03. The Bertz CT molecular complexity index is 988. The van der Waals surface area contributed by atoms with Gasteiger partial charge >= 0.3 is 0 Å². The molecule has 2 N–H and O–H groups in total. The van der Waals surface area contributed by atoms with Gasteiger partial charge < -0.3 is 14.9 Å². The highest BCUT2D eigenvalue weighted by Crippen LogP contribution is 2.37. The summed E-state index contributed by atoms with van der Waals surface area (Å²) in [6, 6.07) is 7.50. The molecule has 0 aliphatic rings. The average Bonchev–Trinajstić information content (AvgIpc) is 3.04. The fourth-order valence-corrected chi connectivity index (χ4v) is 3.12. The van der Waals surface area contributed by atoms with Gasteiger partial charge in [-0.3, -0.25) is 4.98 Å². The minimum Gasteiger partial charge on any atom is -0.490 e. The Labute approximate surface area is 173 Å². The molecule has 2 heterocycles. The molecule has 0 saturated heterocycles. The van der Waals surface area contributed by atoms with Crippen LogP contribution < -0.4 is 14.9 Å². The van der Waals surface area contributed by atoms with Gasteiger partial charge in [0.1, 0.15) is 0 Å². The maximum absolute atomic E-state index is 6.45. The van der Waals surface area contributed by atoms with E-state index in [1.165, 1.54) is 0 Å². The monoisotopic (exact) mass is 419 g/mol. The van der Waals surface area contributed by atoms with Gasteiger partial charge in [0, 0.05) is 18.0 Å². The van der Waals surface area contributed by atoms with Crippen LogP contribution >= 0.6 is 23.8 Å². The van der Waals surface area contributed by atoms with Crippen LogP contribution in [0.3, 0.4) is 0 Å². The normalized spacial score (nSPS) is 10.9. The summed E-state index contributed by atoms with van der Waals surface area (Å²) in [7, 11) is 0. The van der Waals surface area contributed by atoms with Crippen molar-refractivity contribution in [1.29, 1.82) is 0 Å². The molecule has 28 heavy (non-hydrogen) atoms. The molecule has 0 aliphatic heterocycles. The number of hydrogen-bond donors (Lipinski definition) is 2. The van der Waals surface area contributed by atoms with Crippen molar-refractivity contribution in [2.45, 2.75) is 33.4 Å². The van der Waals surface area contributed by atoms with Crippen molar-refractivity contribution >= 4 is 23.8 Å². The lowest BCUT2D eigenvalue weighted by Gasteiger charge is -2.18. The van der Waals surface area contributed by atoms with Crippen molar-refractivity contribution in [3.8, 4) is 22.9 Å². The molecule has 148 valence electrons. The first-order chi connectivity index (χ1) is 13.5. The third kappa shape index (κ3) is 4.63. The number of benzene rings is 1. The standard InChI is InChI=1S/C19H22ClN5O2S/c1-4-26-16-10-13(9-15(20)17(16)27-12(2)3)11-22-25-18(23-24-19(25)28)14-5-7-21-8-6-14/h5-10,12,22H,4,11H2,1-3H3,(H,24,28). The van der Waals surface area contributed by atoms with E-state index in [1.807, 2.05) is 45.0 Å². The second kappa shape index (κ2) is 9.07. The Morgan fingerprint density at radius 2 is 2.04 bits per heavy atom. The molecule has 3 aromatic rings. The summed E-state index contributed by atoms with van der Waals surface area (Å²) < 4.78 is 13.7. The van der Waals surface area contributed by atoms with Crippen LogP contribution in [0.15, 0.2) is 36.7 Å². The molecule has 9 heteroatoms. The van der Waals surface area contributed by atoms with E-state index in [2.05, 4.69) is 20.6 Å². The Balaban J connectivity index is 1.86. The molecule has 0 aliphatic carbocycles. The minimum atomic E-state index is -0.00661. The molecule has 1 aromatic carbocycles. The molecule has 0 atom stereocenters. The Hall–Kier alpha value is -2.58. The van der Waals surface area contributed by atoms with E-state index < -0.39 is 0 Å². The fraction of sp³-hybridized carbons (Fsp3) is 0.316. The van der Waals surface area contributed by atoms with Crippen molar-refractivity contribution in [3.63, 3.8) is 0 Å². The summed E-state index contributed by atoms with van der Waals surface area (Å²) >= 11 is 11.8. The van der Waals surface area contributed by atoms with Crippen LogP contribution in [-0.4, -0.2) is 32.6 Å². The third-order valence-electron chi connectivity index (χ3n) is 3.77. The molecule has 3 rings (SSSR count). The molecule has 2 aromatic heterocycles. The van der Waals surface area contributed by atoms with Crippen LogP contribution in [0.1, 0.15) is 26.3 Å². The number of nitrogens with zero attached hydrogens (tertiary/aromatic N) is 3. The summed E-state index contributed by atoms with van der Waals surface area (Å²) in [5.41, 5.74) is 5.09. The van der Waals surface area contributed by atoms with Gasteiger partial charge in [-0.2, -0.15) is 5.10 Å². The largest absolute Gasteiger partial charge is 0.490 e. The van der Waals surface area contributed by atoms with Gasteiger partial charge in [0.25, 0.3) is 0 Å². The molecule has 0 amide bonds. The maximum atomic E-state index is 6.45. The highest BCUT2D eigenvalue weighted by Gasteiger charge is 2.15. The van der Waals surface area contributed by atoms with Gasteiger partial charge in [0.2, 0.25) is 4.77 Å². The first kappa shape index (κ1) is 20.2. The van der Waals surface area contributed by atoms with Crippen molar-refractivity contribution in [2.24, 2.45) is 0 Å². The van der Waals surface area contributed by atoms with Gasteiger partial charge in [-0.1, -0.05) is 11.6 Å². The SMILES string of the molecule is CCOc1cc(CNn2c(-c3ccncc3)n[nH]c2=S)cc(Cl)c1OC(C)C. The lowest BCUT2D eigenvalue weighted by Crippen LogP contribution is -2.16. The number of halogens is 1. The number of rotatable bonds is 8. The van der Waals surface area contributed by atoms with Gasteiger partial charge in [-0.15, -0.1) is 0 Å². The molecule has 0 unspecified atom stereocenters. The lowest BCUT2D eigenvalue weighted by molar-refractivity contribution is 0.224. The number of aromatic nitrogens is 4. The first-order valence-electron chi connectivity index (χ1n) is 8.93. The Morgan fingerprint density at radius 1 is 1.29 bits per heavy atom. The summed E-state index contributed by atoms with van der Waals surface area (Å²) in [5, 5.41) is 7.60. The molecular formula is C19H22ClN5O2S. The van der Waals surface area contributed by atoms with Crippen LogP contribution in [-0.2, 0) is 6.54 Å². The van der Waals surface area contributed by atoms with Gasteiger partial charge in [-0.25, -0.2) is 9.77 Å². The molecule has 7 nitrogen and oxygen atoms in total. The number of ether oxygens (including phenoxy) is 2. The van der Waals surface area contributed by atoms with Crippen LogP contribution in [0, 0.1) is 4.77 Å². The van der Waals surface area contributed by atoms with E-state index in [0.29, 0.717) is 40.3 Å². The molecule has 0 spiro atoms. The van der Waals surface area contributed by atoms with Gasteiger partial charge in [0.15, 0.2) is 17.3 Å². The van der Waals surface area contributed by atoms with Crippen molar-refractivity contribution in [2.75, 3.05) is 12.0 Å².